The number of anilines is 1. The Labute approximate surface area is 341 Å². The number of H-pyrrole nitrogens is 1. The van der Waals surface area contributed by atoms with Crippen molar-refractivity contribution in [2.75, 3.05) is 66.0 Å². The monoisotopic (exact) mass is 796 g/mol. The highest BCUT2D eigenvalue weighted by Gasteiger charge is 2.81. The normalized spacial score (nSPS) is 36.4. The molecule has 0 amide bonds. The maximum Gasteiger partial charge on any atom is 0.344 e. The molecule has 1 saturated carbocycles. The number of hydrogen-bond acceptors (Lipinski definition) is 11. The quantitative estimate of drug-likeness (QED) is 0.245. The van der Waals surface area contributed by atoms with E-state index in [0.717, 1.165) is 97.4 Å². The third-order valence-electron chi connectivity index (χ3n) is 15.9. The highest BCUT2D eigenvalue weighted by Crippen LogP contribution is 2.69. The van der Waals surface area contributed by atoms with Crippen molar-refractivity contribution < 1.29 is 38.4 Å². The van der Waals surface area contributed by atoms with Crippen molar-refractivity contribution in [1.82, 2.24) is 14.8 Å². The standard InChI is InChI=1S/C46H60N4O8/c1-8-28-21-29-24-45(41(52)56-6,37-31(15-19-49(25-28)26-29)30-13-10-11-14-34(30)47-37)33-22-32-35(23-36(33)55-5)48(4)39-44(32)17-20-50-18-12-16-43(9-2,38(44)50)40(58-27(3)51)46(39,54)42(53)57-7/h10-11,13-14,22-23,28-29,38-40,47,54H,8-9,12,15-21,24-26H2,1-7H3/t28-,29-,38+,39-,40-,43-,44-,45+,46+/m1/s1. The Bertz CT molecular complexity index is 2150. The van der Waals surface area contributed by atoms with Crippen molar-refractivity contribution in [3.8, 4) is 5.75 Å². The average Bonchev–Trinajstić information content (AvgIpc) is 3.89. The first kappa shape index (κ1) is 39.3. The van der Waals surface area contributed by atoms with Crippen LogP contribution >= 0.6 is 0 Å². The summed E-state index contributed by atoms with van der Waals surface area (Å²) in [6.45, 7) is 10.1. The fraction of sp³-hybridized carbons (Fsp3) is 0.630. The lowest BCUT2D eigenvalue weighted by Gasteiger charge is -2.65. The van der Waals surface area contributed by atoms with Gasteiger partial charge >= 0.3 is 17.9 Å². The SMILES string of the molecule is CC[C@@H]1C[C@H]2CN(CCc3c([nH]c4ccccc34)[C@@](C(=O)OC)(c3cc4c(cc3OC)N(C)[C@H]3[C@@](O)(C(=O)OC)[C@H](OC(C)=O)[C@]5(CC)CCCN6CC[C@]43[C@@H]65)C2)C1. The maximum atomic E-state index is 15.3. The molecule has 1 spiro atoms. The Balaban J connectivity index is 1.36. The Morgan fingerprint density at radius 1 is 0.948 bits per heavy atom. The van der Waals surface area contributed by atoms with Gasteiger partial charge in [0.15, 0.2) is 6.10 Å². The summed E-state index contributed by atoms with van der Waals surface area (Å²) in [6, 6.07) is 11.5. The van der Waals surface area contributed by atoms with Crippen molar-refractivity contribution in [1.29, 1.82) is 0 Å². The van der Waals surface area contributed by atoms with E-state index in [4.69, 9.17) is 18.9 Å². The topological polar surface area (TPSA) is 134 Å². The van der Waals surface area contributed by atoms with Crippen LogP contribution in [0.4, 0.5) is 5.69 Å². The summed E-state index contributed by atoms with van der Waals surface area (Å²) < 4.78 is 24.1. The van der Waals surface area contributed by atoms with Crippen LogP contribution in [0.3, 0.4) is 0 Å². The van der Waals surface area contributed by atoms with Gasteiger partial charge in [-0.3, -0.25) is 14.5 Å². The molecule has 0 radical (unpaired) electrons. The number of methoxy groups -OCH3 is 3. The van der Waals surface area contributed by atoms with Crippen LogP contribution in [0.1, 0.15) is 88.1 Å². The lowest BCUT2D eigenvalue weighted by Crippen LogP contribution is -2.82. The minimum atomic E-state index is -2.22. The van der Waals surface area contributed by atoms with Gasteiger partial charge in [0.1, 0.15) is 11.2 Å². The second-order valence-corrected chi connectivity index (χ2v) is 18.3. The minimum Gasteiger partial charge on any atom is -0.496 e. The molecule has 3 saturated heterocycles. The van der Waals surface area contributed by atoms with E-state index < -0.39 is 45.9 Å². The Kier molecular flexibility index (Phi) is 9.48. The van der Waals surface area contributed by atoms with Crippen molar-refractivity contribution in [3.05, 3.63) is 58.8 Å². The van der Waals surface area contributed by atoms with E-state index >= 15 is 4.79 Å². The number of benzene rings is 2. The third kappa shape index (κ3) is 5.06. The van der Waals surface area contributed by atoms with Crippen LogP contribution in [-0.2, 0) is 45.8 Å². The van der Waals surface area contributed by atoms with E-state index in [-0.39, 0.29) is 17.9 Å². The van der Waals surface area contributed by atoms with Gasteiger partial charge in [-0.25, -0.2) is 4.79 Å². The van der Waals surface area contributed by atoms with E-state index in [1.807, 2.05) is 24.1 Å². The molecule has 1 unspecified atom stereocenters. The fourth-order valence-corrected chi connectivity index (χ4v) is 14.0. The van der Waals surface area contributed by atoms with Gasteiger partial charge in [0.05, 0.1) is 27.4 Å². The zero-order valence-electron chi connectivity index (χ0n) is 35.2. The van der Waals surface area contributed by atoms with Gasteiger partial charge in [-0.1, -0.05) is 38.5 Å². The van der Waals surface area contributed by atoms with Gasteiger partial charge in [0.2, 0.25) is 5.60 Å². The van der Waals surface area contributed by atoms with Crippen LogP contribution in [0, 0.1) is 17.3 Å². The van der Waals surface area contributed by atoms with Crippen LogP contribution in [0.2, 0.25) is 0 Å². The third-order valence-corrected chi connectivity index (χ3v) is 15.9. The highest BCUT2D eigenvalue weighted by molar-refractivity contribution is 5.95. The van der Waals surface area contributed by atoms with Crippen molar-refractivity contribution in [2.24, 2.45) is 17.3 Å². The predicted octanol–water partition coefficient (Wildman–Crippen LogP) is 5.10. The van der Waals surface area contributed by atoms with Crippen LogP contribution in [-0.4, -0.2) is 123 Å². The van der Waals surface area contributed by atoms with E-state index in [1.165, 1.54) is 21.1 Å². The summed E-state index contributed by atoms with van der Waals surface area (Å²) in [6.07, 6.45) is 4.93. The second-order valence-electron chi connectivity index (χ2n) is 18.3. The minimum absolute atomic E-state index is 0.182. The van der Waals surface area contributed by atoms with Crippen molar-refractivity contribution in [3.63, 3.8) is 0 Å². The number of ether oxygens (including phenoxy) is 4. The number of carbonyl (C=O) groups excluding carboxylic acids is 3. The molecule has 4 fully saturated rings. The Morgan fingerprint density at radius 2 is 1.72 bits per heavy atom. The Morgan fingerprint density at radius 3 is 2.43 bits per heavy atom. The number of hydrogen-bond donors (Lipinski definition) is 2. The molecule has 12 nitrogen and oxygen atoms in total. The second kappa shape index (κ2) is 14.0. The lowest BCUT2D eigenvalue weighted by molar-refractivity contribution is -0.242. The molecule has 1 aromatic heterocycles. The molecule has 2 N–H and O–H groups in total. The van der Waals surface area contributed by atoms with E-state index in [1.54, 1.807) is 7.11 Å². The summed E-state index contributed by atoms with van der Waals surface area (Å²) in [5, 5.41) is 14.5. The van der Waals surface area contributed by atoms with Gasteiger partial charge < -0.3 is 38.8 Å². The molecule has 1 aliphatic carbocycles. The van der Waals surface area contributed by atoms with Crippen molar-refractivity contribution in [2.45, 2.75) is 107 Å². The molecule has 312 valence electrons. The predicted molar refractivity (Wildman–Crippen MR) is 219 cm³/mol. The van der Waals surface area contributed by atoms with E-state index in [0.29, 0.717) is 37.4 Å². The molecule has 58 heavy (non-hydrogen) atoms. The van der Waals surface area contributed by atoms with Crippen LogP contribution < -0.4 is 9.64 Å². The first-order chi connectivity index (χ1) is 27.9. The fourth-order valence-electron chi connectivity index (χ4n) is 14.0. The van der Waals surface area contributed by atoms with Gasteiger partial charge in [-0.2, -0.15) is 0 Å². The van der Waals surface area contributed by atoms with Crippen molar-refractivity contribution >= 4 is 34.5 Å². The molecule has 3 aromatic rings. The molecule has 6 heterocycles. The largest absolute Gasteiger partial charge is 0.496 e. The number of nitrogens with one attached hydrogen (secondary N) is 1. The lowest BCUT2D eigenvalue weighted by atomic mass is 9.46. The maximum absolute atomic E-state index is 15.3. The number of para-hydroxylation sites is 1. The van der Waals surface area contributed by atoms with Crippen LogP contribution in [0.25, 0.3) is 10.9 Å². The zero-order valence-corrected chi connectivity index (χ0v) is 35.2. The van der Waals surface area contributed by atoms with Gasteiger partial charge in [0.25, 0.3) is 0 Å². The summed E-state index contributed by atoms with van der Waals surface area (Å²) in [4.78, 5) is 53.7. The summed E-state index contributed by atoms with van der Waals surface area (Å²) in [5.74, 6) is -0.470. The number of likely N-dealkylation sites (N-methyl/N-ethyl adjacent to an activating group) is 1. The smallest absolute Gasteiger partial charge is 0.344 e. The average molecular weight is 797 g/mol. The number of aromatic amines is 1. The summed E-state index contributed by atoms with van der Waals surface area (Å²) in [5.41, 5.74) is 0.346. The number of aliphatic hydroxyl groups is 1. The number of fused-ring (bicyclic) bond motifs is 6. The molecular formula is C46H60N4O8. The van der Waals surface area contributed by atoms with Gasteiger partial charge in [0, 0.05) is 84.4 Å². The molecule has 9 rings (SSSR count). The summed E-state index contributed by atoms with van der Waals surface area (Å²) >= 11 is 0. The first-order valence-electron chi connectivity index (χ1n) is 21.5. The number of carbonyl (C=O) groups is 3. The molecule has 10 atom stereocenters. The number of piperidine rings is 2. The molecule has 2 aromatic carbocycles. The molecule has 5 aliphatic heterocycles. The molecule has 12 heteroatoms. The first-order valence-corrected chi connectivity index (χ1v) is 21.5. The molecule has 2 bridgehead atoms. The Hall–Kier alpha value is -4.13. The van der Waals surface area contributed by atoms with Crippen LogP contribution in [0.15, 0.2) is 36.4 Å². The van der Waals surface area contributed by atoms with Gasteiger partial charge in [-0.05, 0) is 93.1 Å². The number of rotatable bonds is 7. The highest BCUT2D eigenvalue weighted by atomic mass is 16.6. The van der Waals surface area contributed by atoms with Crippen LogP contribution in [0.5, 0.6) is 5.75 Å². The number of aromatic nitrogens is 1. The number of esters is 3. The van der Waals surface area contributed by atoms with E-state index in [2.05, 4.69) is 52.9 Å². The zero-order chi connectivity index (χ0) is 40.9. The molecule has 6 aliphatic rings. The number of nitrogens with zero attached hydrogens (tertiary/aromatic N) is 3. The van der Waals surface area contributed by atoms with E-state index in [9.17, 15) is 14.7 Å². The molecular weight excluding hydrogens is 737 g/mol. The van der Waals surface area contributed by atoms with Gasteiger partial charge in [-0.15, -0.1) is 0 Å². The summed E-state index contributed by atoms with van der Waals surface area (Å²) in [7, 11) is 6.34.